The van der Waals surface area contributed by atoms with Gasteiger partial charge in [0.15, 0.2) is 0 Å². The second kappa shape index (κ2) is 6.57. The number of H-pyrrole nitrogens is 1. The van der Waals surface area contributed by atoms with Crippen molar-refractivity contribution in [1.29, 1.82) is 5.26 Å². The van der Waals surface area contributed by atoms with Crippen LogP contribution >= 0.6 is 0 Å². The summed E-state index contributed by atoms with van der Waals surface area (Å²) in [4.78, 5) is 11.9. The van der Waals surface area contributed by atoms with Crippen molar-refractivity contribution in [1.82, 2.24) is 15.5 Å². The van der Waals surface area contributed by atoms with E-state index >= 15 is 0 Å². The van der Waals surface area contributed by atoms with Gasteiger partial charge < -0.3 is 10.6 Å². The van der Waals surface area contributed by atoms with Crippen LogP contribution in [-0.4, -0.2) is 22.1 Å². The predicted octanol–water partition coefficient (Wildman–Crippen LogP) is 2.30. The summed E-state index contributed by atoms with van der Waals surface area (Å²) in [5.41, 5.74) is 1.70. The van der Waals surface area contributed by atoms with Crippen LogP contribution in [0, 0.1) is 11.3 Å². The number of hydrogen-bond acceptors (Lipinski definition) is 4. The molecule has 0 saturated heterocycles. The summed E-state index contributed by atoms with van der Waals surface area (Å²) in [7, 11) is 0. The highest BCUT2D eigenvalue weighted by Gasteiger charge is 2.11. The molecular weight excluding hydrogens is 266 g/mol. The lowest BCUT2D eigenvalue weighted by molar-refractivity contribution is -0.117. The number of aromatic nitrogens is 2. The van der Waals surface area contributed by atoms with Crippen molar-refractivity contribution in [3.63, 3.8) is 0 Å². The van der Waals surface area contributed by atoms with Gasteiger partial charge >= 0.3 is 0 Å². The summed E-state index contributed by atoms with van der Waals surface area (Å²) in [5, 5.41) is 22.6. The van der Waals surface area contributed by atoms with Gasteiger partial charge in [-0.05, 0) is 31.5 Å². The van der Waals surface area contributed by atoms with Gasteiger partial charge in [0, 0.05) is 23.3 Å². The summed E-state index contributed by atoms with van der Waals surface area (Å²) in [6.07, 6.45) is 3.96. The Kier molecular flexibility index (Phi) is 4.57. The molecule has 21 heavy (non-hydrogen) atoms. The largest absolute Gasteiger partial charge is 0.360 e. The number of nitrogens with zero attached hydrogens (tertiary/aromatic N) is 2. The highest BCUT2D eigenvalue weighted by Crippen LogP contribution is 2.16. The molecule has 1 aromatic carbocycles. The molecule has 2 aromatic rings. The number of rotatable bonds is 5. The van der Waals surface area contributed by atoms with Crippen LogP contribution in [0.3, 0.4) is 0 Å². The molecule has 1 aromatic heterocycles. The zero-order valence-electron chi connectivity index (χ0n) is 12.0. The average Bonchev–Trinajstić information content (AvgIpc) is 2.95. The van der Waals surface area contributed by atoms with E-state index < -0.39 is 0 Å². The van der Waals surface area contributed by atoms with Crippen LogP contribution in [0.25, 0.3) is 10.9 Å². The molecule has 3 N–H and O–H groups in total. The molecule has 0 aliphatic rings. The number of fused-ring (bicyclic) bond motifs is 1. The van der Waals surface area contributed by atoms with Crippen LogP contribution in [0.4, 0.5) is 5.69 Å². The monoisotopic (exact) mass is 283 g/mol. The van der Waals surface area contributed by atoms with Gasteiger partial charge in [0.05, 0.1) is 11.7 Å². The Balaban J connectivity index is 2.09. The minimum Gasteiger partial charge on any atom is -0.360 e. The van der Waals surface area contributed by atoms with E-state index in [0.29, 0.717) is 0 Å². The number of aromatic amines is 1. The van der Waals surface area contributed by atoms with Gasteiger partial charge in [-0.2, -0.15) is 10.4 Å². The topological polar surface area (TPSA) is 93.6 Å². The average molecular weight is 283 g/mol. The summed E-state index contributed by atoms with van der Waals surface area (Å²) >= 11 is 0. The third-order valence-corrected chi connectivity index (χ3v) is 3.18. The first-order chi connectivity index (χ1) is 10.1. The molecule has 6 heteroatoms. The number of carbonyl (C=O) groups excluding carboxylic acids is 1. The molecule has 1 unspecified atom stereocenters. The predicted molar refractivity (Wildman–Crippen MR) is 81.3 cm³/mol. The molecular formula is C15H17N5O. The SMILES string of the molecule is CCC(C)NC(=O)/C(C#N)=C\Nc1ccc2cn[nH]c2c1. The number of amides is 1. The van der Waals surface area contributed by atoms with Crippen molar-refractivity contribution in [3.05, 3.63) is 36.2 Å². The van der Waals surface area contributed by atoms with Gasteiger partial charge in [-0.3, -0.25) is 9.89 Å². The highest BCUT2D eigenvalue weighted by molar-refractivity contribution is 5.97. The van der Waals surface area contributed by atoms with Crippen molar-refractivity contribution >= 4 is 22.5 Å². The molecule has 0 fully saturated rings. The quantitative estimate of drug-likeness (QED) is 0.579. The minimum absolute atomic E-state index is 0.0376. The van der Waals surface area contributed by atoms with Gasteiger partial charge in [0.25, 0.3) is 5.91 Å². The van der Waals surface area contributed by atoms with Crippen LogP contribution < -0.4 is 10.6 Å². The molecule has 0 aliphatic heterocycles. The second-order valence-corrected chi connectivity index (χ2v) is 4.77. The summed E-state index contributed by atoms with van der Waals surface area (Å²) in [5.74, 6) is -0.373. The zero-order chi connectivity index (χ0) is 15.2. The fourth-order valence-electron chi connectivity index (χ4n) is 1.73. The fourth-order valence-corrected chi connectivity index (χ4v) is 1.73. The van der Waals surface area contributed by atoms with E-state index in [0.717, 1.165) is 23.0 Å². The minimum atomic E-state index is -0.373. The molecule has 0 aliphatic carbocycles. The van der Waals surface area contributed by atoms with Crippen molar-refractivity contribution < 1.29 is 4.79 Å². The van der Waals surface area contributed by atoms with Crippen LogP contribution in [0.2, 0.25) is 0 Å². The van der Waals surface area contributed by atoms with E-state index in [4.69, 9.17) is 5.26 Å². The number of nitrogens with one attached hydrogen (secondary N) is 3. The maximum atomic E-state index is 11.9. The molecule has 0 radical (unpaired) electrons. The molecule has 0 bridgehead atoms. The normalized spacial score (nSPS) is 12.7. The molecule has 0 spiro atoms. The van der Waals surface area contributed by atoms with Crippen molar-refractivity contribution in [2.24, 2.45) is 0 Å². The van der Waals surface area contributed by atoms with Crippen molar-refractivity contribution in [2.45, 2.75) is 26.3 Å². The van der Waals surface area contributed by atoms with E-state index in [2.05, 4.69) is 20.8 Å². The lowest BCUT2D eigenvalue weighted by Crippen LogP contribution is -2.33. The first kappa shape index (κ1) is 14.6. The first-order valence-electron chi connectivity index (χ1n) is 6.74. The number of anilines is 1. The van der Waals surface area contributed by atoms with E-state index in [1.807, 2.05) is 38.1 Å². The van der Waals surface area contributed by atoms with Crippen LogP contribution in [0.15, 0.2) is 36.2 Å². The molecule has 1 heterocycles. The maximum absolute atomic E-state index is 11.9. The molecule has 0 saturated carbocycles. The Morgan fingerprint density at radius 1 is 1.57 bits per heavy atom. The summed E-state index contributed by atoms with van der Waals surface area (Å²) in [6.45, 7) is 3.87. The van der Waals surface area contributed by atoms with E-state index in [1.165, 1.54) is 6.20 Å². The second-order valence-electron chi connectivity index (χ2n) is 4.77. The van der Waals surface area contributed by atoms with Crippen LogP contribution in [-0.2, 0) is 4.79 Å². The smallest absolute Gasteiger partial charge is 0.263 e. The third kappa shape index (κ3) is 3.60. The highest BCUT2D eigenvalue weighted by atomic mass is 16.1. The van der Waals surface area contributed by atoms with Gasteiger partial charge in [0.2, 0.25) is 0 Å². The number of nitriles is 1. The Bertz CT molecular complexity index is 710. The van der Waals surface area contributed by atoms with Crippen LogP contribution in [0.5, 0.6) is 0 Å². The molecule has 1 atom stereocenters. The Labute approximate surface area is 122 Å². The van der Waals surface area contributed by atoms with Gasteiger partial charge in [0.1, 0.15) is 11.6 Å². The Morgan fingerprint density at radius 2 is 2.38 bits per heavy atom. The Hall–Kier alpha value is -2.81. The van der Waals surface area contributed by atoms with Crippen molar-refractivity contribution in [2.75, 3.05) is 5.32 Å². The van der Waals surface area contributed by atoms with E-state index in [-0.39, 0.29) is 17.5 Å². The lowest BCUT2D eigenvalue weighted by atomic mass is 10.2. The van der Waals surface area contributed by atoms with Gasteiger partial charge in [-0.1, -0.05) is 6.92 Å². The molecule has 6 nitrogen and oxygen atoms in total. The van der Waals surface area contributed by atoms with Crippen molar-refractivity contribution in [3.8, 4) is 6.07 Å². The Morgan fingerprint density at radius 3 is 3.10 bits per heavy atom. The lowest BCUT2D eigenvalue weighted by Gasteiger charge is -2.10. The summed E-state index contributed by atoms with van der Waals surface area (Å²) < 4.78 is 0. The number of benzene rings is 1. The molecule has 1 amide bonds. The van der Waals surface area contributed by atoms with E-state index in [1.54, 1.807) is 6.20 Å². The van der Waals surface area contributed by atoms with Crippen LogP contribution in [0.1, 0.15) is 20.3 Å². The first-order valence-corrected chi connectivity index (χ1v) is 6.74. The zero-order valence-corrected chi connectivity index (χ0v) is 12.0. The van der Waals surface area contributed by atoms with E-state index in [9.17, 15) is 4.79 Å². The summed E-state index contributed by atoms with van der Waals surface area (Å²) in [6, 6.07) is 7.56. The number of hydrogen-bond donors (Lipinski definition) is 3. The fraction of sp³-hybridized carbons (Fsp3) is 0.267. The third-order valence-electron chi connectivity index (χ3n) is 3.18. The standard InChI is InChI=1S/C15H17N5O/c1-3-10(2)19-15(21)12(7-16)8-17-13-5-4-11-9-18-20-14(11)6-13/h4-6,8-10,17H,3H2,1-2H3,(H,18,20)(H,19,21)/b12-8-. The molecule has 2 rings (SSSR count). The van der Waals surface area contributed by atoms with Gasteiger partial charge in [-0.25, -0.2) is 0 Å². The number of carbonyl (C=O) groups is 1. The van der Waals surface area contributed by atoms with Gasteiger partial charge in [-0.15, -0.1) is 0 Å². The maximum Gasteiger partial charge on any atom is 0.263 e. The molecule has 108 valence electrons.